The first-order valence-corrected chi connectivity index (χ1v) is 9.25. The maximum Gasteiger partial charge on any atom is 0.161 e. The van der Waals surface area contributed by atoms with E-state index in [1.807, 2.05) is 60.8 Å². The van der Waals surface area contributed by atoms with Gasteiger partial charge in [-0.15, -0.1) is 0 Å². The molecule has 2 aromatic carbocycles. The van der Waals surface area contributed by atoms with Crippen molar-refractivity contribution in [3.63, 3.8) is 0 Å². The summed E-state index contributed by atoms with van der Waals surface area (Å²) in [7, 11) is 4.84. The van der Waals surface area contributed by atoms with Crippen LogP contribution in [0.1, 0.15) is 18.1 Å². The second-order valence-electron chi connectivity index (χ2n) is 6.29. The third-order valence-corrected chi connectivity index (χ3v) is 4.24. The second kappa shape index (κ2) is 11.2. The average molecular weight is 388 g/mol. The van der Waals surface area contributed by atoms with Gasteiger partial charge in [0.15, 0.2) is 23.0 Å². The van der Waals surface area contributed by atoms with Gasteiger partial charge < -0.3 is 29.4 Å². The zero-order valence-electron chi connectivity index (χ0n) is 17.0. The number of hydrogen-bond acceptors (Lipinski definition) is 5. The van der Waals surface area contributed by atoms with Crippen molar-refractivity contribution in [2.45, 2.75) is 19.6 Å². The molecule has 2 aromatic rings. The fourth-order valence-electron chi connectivity index (χ4n) is 2.80. The number of rotatable bonds is 11. The van der Waals surface area contributed by atoms with Crippen molar-refractivity contribution < 1.29 is 29.4 Å². The van der Waals surface area contributed by atoms with E-state index >= 15 is 0 Å². The molecule has 6 heteroatoms. The molecule has 0 amide bonds. The molecule has 0 radical (unpaired) electrons. The molecule has 2 rings (SSSR count). The zero-order valence-corrected chi connectivity index (χ0v) is 17.0. The third-order valence-electron chi connectivity index (χ3n) is 4.24. The van der Waals surface area contributed by atoms with Gasteiger partial charge in [-0.3, -0.25) is 0 Å². The minimum absolute atomic E-state index is 0.196. The lowest BCUT2D eigenvalue weighted by atomic mass is 10.2. The molecule has 0 aliphatic carbocycles. The minimum atomic E-state index is -0.597. The maximum absolute atomic E-state index is 10.2. The van der Waals surface area contributed by atoms with E-state index in [9.17, 15) is 5.11 Å². The van der Waals surface area contributed by atoms with Crippen molar-refractivity contribution in [3.05, 3.63) is 53.6 Å². The van der Waals surface area contributed by atoms with E-state index in [4.69, 9.17) is 18.9 Å². The van der Waals surface area contributed by atoms with E-state index in [0.717, 1.165) is 17.7 Å². The monoisotopic (exact) mass is 388 g/mol. The minimum Gasteiger partial charge on any atom is -0.493 e. The highest BCUT2D eigenvalue weighted by atomic mass is 16.5. The van der Waals surface area contributed by atoms with Crippen LogP contribution >= 0.6 is 0 Å². The number of methoxy groups -OCH3 is 3. The van der Waals surface area contributed by atoms with Gasteiger partial charge in [-0.05, 0) is 42.8 Å². The Morgan fingerprint density at radius 3 is 2.29 bits per heavy atom. The average Bonchev–Trinajstić information content (AvgIpc) is 2.72. The first-order valence-electron chi connectivity index (χ1n) is 9.25. The zero-order chi connectivity index (χ0) is 20.4. The highest BCUT2D eigenvalue weighted by Gasteiger charge is 2.12. The van der Waals surface area contributed by atoms with Crippen LogP contribution in [-0.2, 0) is 6.54 Å². The van der Waals surface area contributed by atoms with Crippen molar-refractivity contribution in [2.24, 2.45) is 0 Å². The number of aliphatic hydroxyl groups is 1. The van der Waals surface area contributed by atoms with Gasteiger partial charge in [-0.25, -0.2) is 0 Å². The van der Waals surface area contributed by atoms with Crippen LogP contribution in [0.5, 0.6) is 23.0 Å². The molecule has 0 aliphatic heterocycles. The molecular formula is C22H30NO5+. The summed E-state index contributed by atoms with van der Waals surface area (Å²) in [6, 6.07) is 11.5. The van der Waals surface area contributed by atoms with E-state index in [2.05, 4.69) is 0 Å². The Morgan fingerprint density at radius 1 is 0.929 bits per heavy atom. The van der Waals surface area contributed by atoms with Crippen LogP contribution in [0.2, 0.25) is 0 Å². The molecule has 1 atom stereocenters. The van der Waals surface area contributed by atoms with Crippen molar-refractivity contribution in [3.8, 4) is 23.0 Å². The Kier molecular flexibility index (Phi) is 8.65. The summed E-state index contributed by atoms with van der Waals surface area (Å²) >= 11 is 0. The van der Waals surface area contributed by atoms with Crippen molar-refractivity contribution in [2.75, 3.05) is 34.5 Å². The molecule has 0 aromatic heterocycles. The SMILES string of the molecule is C/C=C/c1ccc(OC[C@@H](O)C[NH2+]Cc2ccc(OC)c(OC)c2)c(OC)c1. The van der Waals surface area contributed by atoms with Gasteiger partial charge in [0.25, 0.3) is 0 Å². The van der Waals surface area contributed by atoms with Crippen molar-refractivity contribution in [1.29, 1.82) is 0 Å². The van der Waals surface area contributed by atoms with Crippen LogP contribution in [-0.4, -0.2) is 45.7 Å². The lowest BCUT2D eigenvalue weighted by Gasteiger charge is -2.14. The van der Waals surface area contributed by atoms with Crippen molar-refractivity contribution >= 4 is 6.08 Å². The standard InChI is InChI=1S/C22H29NO5/c1-5-6-16-7-10-20(22(11-16)27-4)28-15-18(24)14-23-13-17-8-9-19(25-2)21(12-17)26-3/h5-12,18,23-24H,13-15H2,1-4H3/p+1/b6-5+/t18-/m0/s1. The first kappa shape index (κ1) is 21.6. The summed E-state index contributed by atoms with van der Waals surface area (Å²) < 4.78 is 21.7. The van der Waals surface area contributed by atoms with Crippen molar-refractivity contribution in [1.82, 2.24) is 0 Å². The summed E-state index contributed by atoms with van der Waals surface area (Å²) in [6.07, 6.45) is 3.36. The molecule has 152 valence electrons. The Balaban J connectivity index is 1.82. The Bertz CT molecular complexity index is 776. The van der Waals surface area contributed by atoms with E-state index in [0.29, 0.717) is 29.5 Å². The summed E-state index contributed by atoms with van der Waals surface area (Å²) in [5, 5.41) is 12.3. The molecule has 0 saturated carbocycles. The van der Waals surface area contributed by atoms with Gasteiger partial charge in [0.05, 0.1) is 21.3 Å². The van der Waals surface area contributed by atoms with Crippen LogP contribution in [0, 0.1) is 0 Å². The maximum atomic E-state index is 10.2. The van der Waals surface area contributed by atoms with E-state index < -0.39 is 6.10 Å². The number of quaternary nitrogens is 1. The fraction of sp³-hybridized carbons (Fsp3) is 0.364. The number of allylic oxidation sites excluding steroid dienone is 1. The lowest BCUT2D eigenvalue weighted by Crippen LogP contribution is -2.85. The van der Waals surface area contributed by atoms with E-state index in [-0.39, 0.29) is 6.61 Å². The molecule has 0 fully saturated rings. The fourth-order valence-corrected chi connectivity index (χ4v) is 2.80. The highest BCUT2D eigenvalue weighted by molar-refractivity contribution is 5.55. The predicted molar refractivity (Wildman–Crippen MR) is 109 cm³/mol. The smallest absolute Gasteiger partial charge is 0.161 e. The molecule has 28 heavy (non-hydrogen) atoms. The topological polar surface area (TPSA) is 73.8 Å². The lowest BCUT2D eigenvalue weighted by molar-refractivity contribution is -0.676. The van der Waals surface area contributed by atoms with Crippen LogP contribution in [0.15, 0.2) is 42.5 Å². The molecule has 0 aliphatic rings. The largest absolute Gasteiger partial charge is 0.493 e. The molecule has 0 unspecified atom stereocenters. The summed E-state index contributed by atoms with van der Waals surface area (Å²) in [6.45, 7) is 3.40. The normalized spacial score (nSPS) is 12.0. The van der Waals surface area contributed by atoms with Gasteiger partial charge in [0.2, 0.25) is 0 Å². The summed E-state index contributed by atoms with van der Waals surface area (Å²) in [5.74, 6) is 2.67. The highest BCUT2D eigenvalue weighted by Crippen LogP contribution is 2.29. The summed E-state index contributed by atoms with van der Waals surface area (Å²) in [5.41, 5.74) is 2.13. The molecule has 0 spiro atoms. The molecule has 6 nitrogen and oxygen atoms in total. The molecule has 0 bridgehead atoms. The van der Waals surface area contributed by atoms with Crippen LogP contribution < -0.4 is 24.3 Å². The van der Waals surface area contributed by atoms with Gasteiger partial charge >= 0.3 is 0 Å². The van der Waals surface area contributed by atoms with Crippen LogP contribution in [0.4, 0.5) is 0 Å². The van der Waals surface area contributed by atoms with Gasteiger partial charge in [-0.1, -0.05) is 18.2 Å². The Morgan fingerprint density at radius 2 is 1.61 bits per heavy atom. The first-order chi connectivity index (χ1) is 13.6. The summed E-state index contributed by atoms with van der Waals surface area (Å²) in [4.78, 5) is 0. The van der Waals surface area contributed by atoms with Crippen LogP contribution in [0.25, 0.3) is 6.08 Å². The number of hydrogen-bond donors (Lipinski definition) is 2. The Hall–Kier alpha value is -2.70. The third kappa shape index (κ3) is 6.18. The molecule has 0 saturated heterocycles. The Labute approximate surface area is 166 Å². The number of ether oxygens (including phenoxy) is 4. The molecule has 3 N–H and O–H groups in total. The number of nitrogens with two attached hydrogens (primary N) is 1. The molecule has 0 heterocycles. The van der Waals surface area contributed by atoms with Gasteiger partial charge in [0.1, 0.15) is 25.8 Å². The molecular weight excluding hydrogens is 358 g/mol. The van der Waals surface area contributed by atoms with Gasteiger partial charge in [-0.2, -0.15) is 0 Å². The number of aliphatic hydroxyl groups excluding tert-OH is 1. The number of benzene rings is 2. The predicted octanol–water partition coefficient (Wildman–Crippen LogP) is 2.25. The van der Waals surface area contributed by atoms with E-state index in [1.165, 1.54) is 0 Å². The van der Waals surface area contributed by atoms with Crippen LogP contribution in [0.3, 0.4) is 0 Å². The second-order valence-corrected chi connectivity index (χ2v) is 6.29. The quantitative estimate of drug-likeness (QED) is 0.618. The van der Waals surface area contributed by atoms with Gasteiger partial charge in [0, 0.05) is 5.56 Å². The van der Waals surface area contributed by atoms with E-state index in [1.54, 1.807) is 21.3 Å².